The molecule has 11 heavy (non-hydrogen) atoms. The third kappa shape index (κ3) is 4.25. The van der Waals surface area contributed by atoms with Gasteiger partial charge in [-0.15, -0.1) is 0 Å². The molecule has 0 aromatic carbocycles. The van der Waals surface area contributed by atoms with Gasteiger partial charge in [0.05, 0.1) is 0 Å². The summed E-state index contributed by atoms with van der Waals surface area (Å²) in [6.45, 7) is 3.38. The summed E-state index contributed by atoms with van der Waals surface area (Å²) in [7, 11) is 1.69. The molecule has 0 saturated carbocycles. The molecule has 0 N–H and O–H groups in total. The lowest BCUT2D eigenvalue weighted by atomic mass is 10.1. The van der Waals surface area contributed by atoms with Crippen molar-refractivity contribution in [1.82, 2.24) is 0 Å². The van der Waals surface area contributed by atoms with Gasteiger partial charge in [0.1, 0.15) is 0 Å². The van der Waals surface area contributed by atoms with E-state index < -0.39 is 0 Å². The van der Waals surface area contributed by atoms with Crippen LogP contribution in [0.15, 0.2) is 28.8 Å². The van der Waals surface area contributed by atoms with E-state index in [4.69, 9.17) is 0 Å². The van der Waals surface area contributed by atoms with Crippen LogP contribution in [0.2, 0.25) is 0 Å². The number of ketones is 1. The standard InChI is InChI=1S/C9H13NO/c1-4-9(8(2)11)6-5-7-10-3/h4-7H,1-3H3/b6-5-,9-4+,10-7+. The number of rotatable bonds is 3. The highest BCUT2D eigenvalue weighted by Gasteiger charge is 1.94. The molecule has 0 aromatic rings. The minimum Gasteiger partial charge on any atom is -0.297 e. The number of allylic oxidation sites excluding steroid dienone is 4. The average Bonchev–Trinajstić information content (AvgIpc) is 1.97. The first kappa shape index (κ1) is 9.82. The second-order valence-corrected chi connectivity index (χ2v) is 2.07. The molecule has 0 amide bonds. The molecule has 0 heterocycles. The predicted molar refractivity (Wildman–Crippen MR) is 48.0 cm³/mol. The maximum Gasteiger partial charge on any atom is 0.159 e. The normalized spacial score (nSPS) is 13.2. The molecule has 0 aliphatic carbocycles. The van der Waals surface area contributed by atoms with Crippen LogP contribution in [0.3, 0.4) is 0 Å². The van der Waals surface area contributed by atoms with Crippen LogP contribution in [0.1, 0.15) is 13.8 Å². The molecule has 60 valence electrons. The molecule has 0 radical (unpaired) electrons. The zero-order valence-corrected chi connectivity index (χ0v) is 7.16. The fourth-order valence-electron chi connectivity index (χ4n) is 0.650. The first-order chi connectivity index (χ1) is 5.22. The third-order valence-electron chi connectivity index (χ3n) is 1.23. The van der Waals surface area contributed by atoms with E-state index in [9.17, 15) is 4.79 Å². The first-order valence-corrected chi connectivity index (χ1v) is 3.48. The Labute approximate surface area is 67.3 Å². The maximum atomic E-state index is 10.8. The Balaban J connectivity index is 4.22. The van der Waals surface area contributed by atoms with Crippen molar-refractivity contribution in [3.8, 4) is 0 Å². The van der Waals surface area contributed by atoms with Gasteiger partial charge in [0.15, 0.2) is 5.78 Å². The number of hydrogen-bond acceptors (Lipinski definition) is 2. The summed E-state index contributed by atoms with van der Waals surface area (Å²) in [6.07, 6.45) is 6.92. The number of carbonyl (C=O) groups excluding carboxylic acids is 1. The molecule has 0 aliphatic rings. The number of aliphatic imine (C=N–C) groups is 1. The first-order valence-electron chi connectivity index (χ1n) is 3.48. The van der Waals surface area contributed by atoms with E-state index in [-0.39, 0.29) is 5.78 Å². The molecule has 2 heteroatoms. The summed E-state index contributed by atoms with van der Waals surface area (Å²) in [5, 5.41) is 0. The minimum absolute atomic E-state index is 0.0771. The van der Waals surface area contributed by atoms with Crippen LogP contribution in [0.4, 0.5) is 0 Å². The van der Waals surface area contributed by atoms with Gasteiger partial charge in [0.2, 0.25) is 0 Å². The number of hydrogen-bond donors (Lipinski definition) is 0. The summed E-state index contributed by atoms with van der Waals surface area (Å²) in [5.74, 6) is 0.0771. The highest BCUT2D eigenvalue weighted by Crippen LogP contribution is 1.96. The summed E-state index contributed by atoms with van der Waals surface area (Å²) in [6, 6.07) is 0. The predicted octanol–water partition coefficient (Wildman–Crippen LogP) is 1.78. The van der Waals surface area contributed by atoms with Gasteiger partial charge in [0, 0.05) is 18.8 Å². The molecule has 0 aliphatic heterocycles. The van der Waals surface area contributed by atoms with E-state index in [0.29, 0.717) is 5.57 Å². The van der Waals surface area contributed by atoms with Crippen LogP contribution in [0.5, 0.6) is 0 Å². The molecular weight excluding hydrogens is 138 g/mol. The van der Waals surface area contributed by atoms with Gasteiger partial charge in [0.25, 0.3) is 0 Å². The highest BCUT2D eigenvalue weighted by molar-refractivity contribution is 5.96. The Morgan fingerprint density at radius 2 is 2.09 bits per heavy atom. The lowest BCUT2D eigenvalue weighted by molar-refractivity contribution is -0.113. The van der Waals surface area contributed by atoms with Gasteiger partial charge in [-0.3, -0.25) is 9.79 Å². The molecule has 0 bridgehead atoms. The fraction of sp³-hybridized carbons (Fsp3) is 0.333. The van der Waals surface area contributed by atoms with Crippen molar-refractivity contribution in [2.24, 2.45) is 4.99 Å². The molecule has 0 spiro atoms. The van der Waals surface area contributed by atoms with Crippen molar-refractivity contribution in [1.29, 1.82) is 0 Å². The topological polar surface area (TPSA) is 29.4 Å². The average molecular weight is 151 g/mol. The van der Waals surface area contributed by atoms with E-state index >= 15 is 0 Å². The number of Topliss-reactive ketones (excluding diaryl/α,β-unsaturated/α-hetero) is 1. The van der Waals surface area contributed by atoms with Crippen LogP contribution in [0.25, 0.3) is 0 Å². The lowest BCUT2D eigenvalue weighted by Crippen LogP contribution is -1.91. The van der Waals surface area contributed by atoms with Gasteiger partial charge in [-0.1, -0.05) is 12.2 Å². The molecule has 0 fully saturated rings. The molecule has 0 atom stereocenters. The second kappa shape index (κ2) is 5.59. The van der Waals surface area contributed by atoms with Gasteiger partial charge in [-0.25, -0.2) is 0 Å². The van der Waals surface area contributed by atoms with Crippen molar-refractivity contribution < 1.29 is 4.79 Å². The van der Waals surface area contributed by atoms with Crippen LogP contribution < -0.4 is 0 Å². The minimum atomic E-state index is 0.0771. The number of carbonyl (C=O) groups is 1. The molecule has 2 nitrogen and oxygen atoms in total. The monoisotopic (exact) mass is 151 g/mol. The quantitative estimate of drug-likeness (QED) is 0.343. The van der Waals surface area contributed by atoms with Crippen LogP contribution in [-0.2, 0) is 4.79 Å². The van der Waals surface area contributed by atoms with Gasteiger partial charge in [-0.2, -0.15) is 0 Å². The summed E-state index contributed by atoms with van der Waals surface area (Å²) >= 11 is 0. The fourth-order valence-corrected chi connectivity index (χ4v) is 0.650. The van der Waals surface area contributed by atoms with E-state index in [1.807, 2.05) is 6.92 Å². The highest BCUT2D eigenvalue weighted by atomic mass is 16.1. The third-order valence-corrected chi connectivity index (χ3v) is 1.23. The smallest absolute Gasteiger partial charge is 0.159 e. The van der Waals surface area contributed by atoms with Crippen LogP contribution in [0, 0.1) is 0 Å². The lowest BCUT2D eigenvalue weighted by Gasteiger charge is -1.90. The van der Waals surface area contributed by atoms with Gasteiger partial charge < -0.3 is 0 Å². The second-order valence-electron chi connectivity index (χ2n) is 2.07. The van der Waals surface area contributed by atoms with Crippen molar-refractivity contribution in [3.05, 3.63) is 23.8 Å². The summed E-state index contributed by atoms with van der Waals surface area (Å²) in [4.78, 5) is 14.6. The Bertz CT molecular complexity index is 212. The maximum absolute atomic E-state index is 10.8. The van der Waals surface area contributed by atoms with Crippen LogP contribution >= 0.6 is 0 Å². The van der Waals surface area contributed by atoms with Crippen molar-refractivity contribution in [3.63, 3.8) is 0 Å². The SMILES string of the molecule is C\C=C(/C=C\C=N\C)C(C)=O. The molecule has 0 rings (SSSR count). The van der Waals surface area contributed by atoms with Crippen LogP contribution in [-0.4, -0.2) is 19.0 Å². The number of nitrogens with zero attached hydrogens (tertiary/aromatic N) is 1. The van der Waals surface area contributed by atoms with E-state index in [1.165, 1.54) is 0 Å². The Hall–Kier alpha value is -1.18. The molecule has 0 saturated heterocycles. The van der Waals surface area contributed by atoms with Crippen molar-refractivity contribution >= 4 is 12.0 Å². The molecule has 0 unspecified atom stereocenters. The Kier molecular flexibility index (Phi) is 4.99. The zero-order valence-electron chi connectivity index (χ0n) is 7.16. The Morgan fingerprint density at radius 3 is 2.45 bits per heavy atom. The summed E-state index contributed by atoms with van der Waals surface area (Å²) in [5.41, 5.74) is 0.713. The largest absolute Gasteiger partial charge is 0.297 e. The Morgan fingerprint density at radius 1 is 1.45 bits per heavy atom. The van der Waals surface area contributed by atoms with Crippen molar-refractivity contribution in [2.45, 2.75) is 13.8 Å². The molecule has 0 aromatic heterocycles. The zero-order chi connectivity index (χ0) is 8.69. The van der Waals surface area contributed by atoms with Gasteiger partial charge >= 0.3 is 0 Å². The van der Waals surface area contributed by atoms with E-state index in [1.54, 1.807) is 38.4 Å². The van der Waals surface area contributed by atoms with Crippen molar-refractivity contribution in [2.75, 3.05) is 7.05 Å². The van der Waals surface area contributed by atoms with E-state index in [0.717, 1.165) is 0 Å². The molecular formula is C9H13NO. The van der Waals surface area contributed by atoms with Gasteiger partial charge in [-0.05, 0) is 19.9 Å². The van der Waals surface area contributed by atoms with E-state index in [2.05, 4.69) is 4.99 Å². The summed E-state index contributed by atoms with van der Waals surface area (Å²) < 4.78 is 0.